The molecule has 28 heteroatoms. The van der Waals surface area contributed by atoms with Crippen LogP contribution in [-0.4, -0.2) is 148 Å². The quantitative estimate of drug-likeness (QED) is 0.0390. The number of aliphatic hydroxyl groups excluding tert-OH is 3. The summed E-state index contributed by atoms with van der Waals surface area (Å²) in [7, 11) is 0. The van der Waals surface area contributed by atoms with Crippen molar-refractivity contribution in [1.29, 1.82) is 0 Å². The standard InChI is InChI=1S/C13H17N5O3.C12H16N4O2.2C11H14N4O3/c1-9-11(5-15-13(14)17-9)12-6-18(7-16-12)8-20-3-4-21-10(2)19;1-9-11(5-13-10(2)15-9)12-6-16(7-14-12)8-18-4-3-17;2*1-8-12-4-9(11(17)14-8)10-5-15(6-13-10)7-18-3-2-16/h5-7H,3-4,8H2,1-2H3,(H2,14,15,17);5-7,17H,3-4,8H2,1-2H3;4-6,16H,2-3,7H2,1H3,(H,12,14,17);4-6,12,16H,1-3,7H2,(H,14,17). The van der Waals surface area contributed by atoms with E-state index in [9.17, 15) is 14.4 Å². The molecule has 1 aliphatic heterocycles. The Morgan fingerprint density at radius 3 is 1.53 bits per heavy atom. The number of aromatic amines is 1. The third-order valence-electron chi connectivity index (χ3n) is 9.76. The van der Waals surface area contributed by atoms with Crippen molar-refractivity contribution in [1.82, 2.24) is 78.7 Å². The second-order valence-corrected chi connectivity index (χ2v) is 15.7. The van der Waals surface area contributed by atoms with Crippen LogP contribution in [0.15, 0.2) is 92.1 Å². The van der Waals surface area contributed by atoms with Crippen LogP contribution in [0.5, 0.6) is 0 Å². The number of nitrogens with one attached hydrogen (secondary N) is 3. The number of amides is 1. The first-order valence-electron chi connectivity index (χ1n) is 23.0. The molecule has 75 heavy (non-hydrogen) atoms. The number of carbonyl (C=O) groups excluding carboxylic acids is 2. The number of nitrogens with zero attached hydrogens (tertiary/aromatic N) is 13. The van der Waals surface area contributed by atoms with Gasteiger partial charge in [-0.3, -0.25) is 14.4 Å². The highest BCUT2D eigenvalue weighted by Gasteiger charge is 2.19. The highest BCUT2D eigenvalue weighted by atomic mass is 16.6. The molecule has 28 nitrogen and oxygen atoms in total. The Hall–Kier alpha value is -8.38. The number of nitrogens with two attached hydrogens (primary N) is 1. The van der Waals surface area contributed by atoms with E-state index < -0.39 is 0 Å². The summed E-state index contributed by atoms with van der Waals surface area (Å²) < 4.78 is 32.6. The molecule has 400 valence electrons. The first-order valence-corrected chi connectivity index (χ1v) is 23.0. The lowest BCUT2D eigenvalue weighted by molar-refractivity contribution is -0.142. The Balaban J connectivity index is 0.000000185. The Morgan fingerprint density at radius 2 is 1.07 bits per heavy atom. The average Bonchev–Trinajstić information content (AvgIpc) is 4.22. The highest BCUT2D eigenvalue weighted by Crippen LogP contribution is 2.21. The van der Waals surface area contributed by atoms with Crippen molar-refractivity contribution >= 4 is 23.4 Å². The lowest BCUT2D eigenvalue weighted by Gasteiger charge is -2.15. The number of rotatable bonds is 21. The summed E-state index contributed by atoms with van der Waals surface area (Å²) >= 11 is 0. The molecular weight excluding hydrogens is 979 g/mol. The van der Waals surface area contributed by atoms with E-state index in [1.54, 1.807) is 76.9 Å². The molecule has 7 aromatic heterocycles. The third kappa shape index (κ3) is 18.9. The SMILES string of the molecule is C=C1NC=C(c2cn(COCCO)cn2)C(=O)N1.CC(=O)OCCOCn1cnc(-c2cnc(N)nc2C)c1.Cc1ncc(-c2cn(COCCO)cn2)c(=O)[nH]1.Cc1ncc(-c2cn(COCCO)cn2)c(C)n1. The average molecular weight is 1040 g/mol. The Labute approximate surface area is 430 Å². The van der Waals surface area contributed by atoms with E-state index in [1.165, 1.54) is 13.1 Å². The van der Waals surface area contributed by atoms with Crippen molar-refractivity contribution in [3.8, 4) is 33.8 Å². The van der Waals surface area contributed by atoms with E-state index in [0.29, 0.717) is 60.8 Å². The molecule has 1 amide bonds. The summed E-state index contributed by atoms with van der Waals surface area (Å²) in [5.41, 5.74) is 12.2. The monoisotopic (exact) mass is 1040 g/mol. The molecule has 8 N–H and O–H groups in total. The molecule has 0 radical (unpaired) electrons. The van der Waals surface area contributed by atoms with Gasteiger partial charge in [0.15, 0.2) is 0 Å². The van der Waals surface area contributed by atoms with Crippen LogP contribution in [0.2, 0.25) is 0 Å². The summed E-state index contributed by atoms with van der Waals surface area (Å²) in [6, 6.07) is 0. The molecule has 8 rings (SSSR count). The number of ether oxygens (including phenoxy) is 5. The number of nitrogen functional groups attached to an aromatic ring is 1. The molecule has 0 saturated carbocycles. The van der Waals surface area contributed by atoms with Crippen molar-refractivity contribution < 1.29 is 48.6 Å². The Kier molecular flexibility index (Phi) is 23.0. The number of esters is 1. The number of aryl methyl sites for hydroxylation is 4. The molecule has 0 fully saturated rings. The van der Waals surface area contributed by atoms with E-state index in [1.807, 2.05) is 37.7 Å². The van der Waals surface area contributed by atoms with Gasteiger partial charge in [0.05, 0.1) is 117 Å². The molecule has 0 atom stereocenters. The van der Waals surface area contributed by atoms with Gasteiger partial charge in [-0.25, -0.2) is 44.9 Å². The van der Waals surface area contributed by atoms with Crippen molar-refractivity contribution in [3.63, 3.8) is 0 Å². The molecule has 0 spiro atoms. The van der Waals surface area contributed by atoms with Crippen LogP contribution in [0.25, 0.3) is 39.3 Å². The second kappa shape index (κ2) is 30.0. The van der Waals surface area contributed by atoms with Crippen molar-refractivity contribution in [2.24, 2.45) is 0 Å². The molecule has 8 heterocycles. The van der Waals surface area contributed by atoms with Gasteiger partial charge in [0, 0.05) is 67.6 Å². The number of aliphatic hydroxyl groups is 3. The minimum atomic E-state index is -0.317. The van der Waals surface area contributed by atoms with Gasteiger partial charge in [-0.15, -0.1) is 0 Å². The number of imidazole rings is 4. The zero-order valence-corrected chi connectivity index (χ0v) is 42.1. The molecular formula is C47H61N17O11. The number of hydrogen-bond donors (Lipinski definition) is 7. The largest absolute Gasteiger partial charge is 0.463 e. The Bertz CT molecular complexity index is 3020. The third-order valence-corrected chi connectivity index (χ3v) is 9.76. The Morgan fingerprint density at radius 1 is 0.613 bits per heavy atom. The van der Waals surface area contributed by atoms with Crippen LogP contribution in [-0.2, 0) is 60.2 Å². The molecule has 0 aliphatic carbocycles. The van der Waals surface area contributed by atoms with Gasteiger partial charge >= 0.3 is 5.97 Å². The van der Waals surface area contributed by atoms with E-state index in [2.05, 4.69) is 67.1 Å². The minimum Gasteiger partial charge on any atom is -0.463 e. The lowest BCUT2D eigenvalue weighted by atomic mass is 10.2. The minimum absolute atomic E-state index is 0.0203. The first kappa shape index (κ1) is 57.5. The van der Waals surface area contributed by atoms with Crippen LogP contribution in [0.1, 0.15) is 35.7 Å². The van der Waals surface area contributed by atoms with E-state index in [0.717, 1.165) is 39.7 Å². The predicted molar refractivity (Wildman–Crippen MR) is 268 cm³/mol. The van der Waals surface area contributed by atoms with E-state index in [4.69, 9.17) is 44.7 Å². The number of H-pyrrole nitrogens is 1. The van der Waals surface area contributed by atoms with Crippen LogP contribution in [0.4, 0.5) is 5.95 Å². The summed E-state index contributed by atoms with van der Waals surface area (Å²) in [5.74, 6) is 1.43. The predicted octanol–water partition coefficient (Wildman–Crippen LogP) is 0.980. The molecule has 0 unspecified atom stereocenters. The van der Waals surface area contributed by atoms with Gasteiger partial charge in [-0.2, -0.15) is 0 Å². The first-order chi connectivity index (χ1) is 36.2. The maximum atomic E-state index is 11.7. The van der Waals surface area contributed by atoms with Gasteiger partial charge in [0.1, 0.15) is 51.0 Å². The van der Waals surface area contributed by atoms with Crippen LogP contribution in [0.3, 0.4) is 0 Å². The van der Waals surface area contributed by atoms with Gasteiger partial charge in [-0.05, 0) is 27.7 Å². The highest BCUT2D eigenvalue weighted by molar-refractivity contribution is 6.20. The van der Waals surface area contributed by atoms with Crippen LogP contribution in [0, 0.1) is 27.7 Å². The summed E-state index contributed by atoms with van der Waals surface area (Å²) in [5, 5.41) is 31.2. The fraction of sp³-hybridized carbons (Fsp3) is 0.362. The normalized spacial score (nSPS) is 11.8. The van der Waals surface area contributed by atoms with Crippen molar-refractivity contribution in [2.45, 2.75) is 61.5 Å². The fourth-order valence-electron chi connectivity index (χ4n) is 6.29. The smallest absolute Gasteiger partial charge is 0.302 e. The summed E-state index contributed by atoms with van der Waals surface area (Å²) in [6.07, 6.45) is 20.0. The van der Waals surface area contributed by atoms with E-state index >= 15 is 0 Å². The number of hydrogen-bond acceptors (Lipinski definition) is 22. The number of anilines is 1. The lowest BCUT2D eigenvalue weighted by Crippen LogP contribution is -2.34. The molecule has 0 saturated heterocycles. The van der Waals surface area contributed by atoms with Gasteiger partial charge in [0.2, 0.25) is 5.95 Å². The second-order valence-electron chi connectivity index (χ2n) is 15.7. The van der Waals surface area contributed by atoms with Crippen LogP contribution < -0.4 is 21.9 Å². The maximum Gasteiger partial charge on any atom is 0.302 e. The molecule has 0 aromatic carbocycles. The van der Waals surface area contributed by atoms with Gasteiger partial charge in [0.25, 0.3) is 11.5 Å². The fourth-order valence-corrected chi connectivity index (χ4v) is 6.29. The zero-order valence-electron chi connectivity index (χ0n) is 42.1. The number of carbonyl (C=O) groups is 2. The maximum absolute atomic E-state index is 11.7. The van der Waals surface area contributed by atoms with Crippen molar-refractivity contribution in [2.75, 3.05) is 58.6 Å². The van der Waals surface area contributed by atoms with E-state index in [-0.39, 0.29) is 76.5 Å². The van der Waals surface area contributed by atoms with Crippen LogP contribution >= 0.6 is 0 Å². The topological polar surface area (TPSA) is 360 Å². The summed E-state index contributed by atoms with van der Waals surface area (Å²) in [6.45, 7) is 15.0. The molecule has 1 aliphatic rings. The zero-order chi connectivity index (χ0) is 54.1. The summed E-state index contributed by atoms with van der Waals surface area (Å²) in [4.78, 5) is 74.0. The number of aromatic nitrogens is 14. The molecule has 0 bridgehead atoms. The van der Waals surface area contributed by atoms with Gasteiger partial charge < -0.3 is 78.6 Å². The van der Waals surface area contributed by atoms with Gasteiger partial charge in [-0.1, -0.05) is 6.58 Å². The van der Waals surface area contributed by atoms with Crippen molar-refractivity contribution in [3.05, 3.63) is 126 Å². The molecule has 7 aromatic rings.